The molecule has 3 heteroatoms. The van der Waals surface area contributed by atoms with Crippen molar-refractivity contribution in [2.24, 2.45) is 11.8 Å². The van der Waals surface area contributed by atoms with Crippen LogP contribution in [0.25, 0.3) is 0 Å². The highest BCUT2D eigenvalue weighted by Crippen LogP contribution is 2.28. The molecule has 98 valence electrons. The summed E-state index contributed by atoms with van der Waals surface area (Å²) >= 11 is 0. The molecule has 1 N–H and O–H groups in total. The predicted octanol–water partition coefficient (Wildman–Crippen LogP) is 2.27. The maximum atomic E-state index is 11.3. The lowest BCUT2D eigenvalue weighted by molar-refractivity contribution is -0.142. The highest BCUT2D eigenvalue weighted by atomic mass is 16.4. The molecule has 3 nitrogen and oxygen atoms in total. The van der Waals surface area contributed by atoms with E-state index in [1.807, 2.05) is 18.2 Å². The van der Waals surface area contributed by atoms with Crippen molar-refractivity contribution in [1.29, 1.82) is 0 Å². The molecule has 1 fully saturated rings. The van der Waals surface area contributed by atoms with E-state index in [4.69, 9.17) is 0 Å². The Morgan fingerprint density at radius 2 is 2.00 bits per heavy atom. The van der Waals surface area contributed by atoms with Crippen LogP contribution in [0.5, 0.6) is 0 Å². The molecular weight excluding hydrogens is 226 g/mol. The van der Waals surface area contributed by atoms with Crippen LogP contribution in [0.15, 0.2) is 30.3 Å². The first-order valence-electron chi connectivity index (χ1n) is 6.58. The Kier molecular flexibility index (Phi) is 4.02. The Balaban J connectivity index is 2.08. The Labute approximate surface area is 108 Å². The maximum Gasteiger partial charge on any atom is 0.308 e. The van der Waals surface area contributed by atoms with Crippen molar-refractivity contribution in [3.8, 4) is 0 Å². The molecule has 2 rings (SSSR count). The van der Waals surface area contributed by atoms with Gasteiger partial charge in [0, 0.05) is 19.1 Å². The van der Waals surface area contributed by atoms with Crippen LogP contribution in [0.4, 0.5) is 0 Å². The smallest absolute Gasteiger partial charge is 0.308 e. The minimum absolute atomic E-state index is 0.229. The molecule has 1 heterocycles. The van der Waals surface area contributed by atoms with Crippen LogP contribution in [0.2, 0.25) is 0 Å². The zero-order valence-electron chi connectivity index (χ0n) is 11.0. The van der Waals surface area contributed by atoms with Gasteiger partial charge in [-0.25, -0.2) is 0 Å². The summed E-state index contributed by atoms with van der Waals surface area (Å²) in [5.41, 5.74) is 1.24. The van der Waals surface area contributed by atoms with Gasteiger partial charge in [0.15, 0.2) is 0 Å². The molecule has 0 amide bonds. The molecule has 1 aliphatic heterocycles. The van der Waals surface area contributed by atoms with Gasteiger partial charge in [0.25, 0.3) is 0 Å². The molecule has 0 aromatic heterocycles. The maximum absolute atomic E-state index is 11.3. The van der Waals surface area contributed by atoms with E-state index in [0.29, 0.717) is 12.6 Å². The summed E-state index contributed by atoms with van der Waals surface area (Å²) in [7, 11) is 0. The van der Waals surface area contributed by atoms with Crippen molar-refractivity contribution >= 4 is 5.97 Å². The molecule has 0 spiro atoms. The van der Waals surface area contributed by atoms with Gasteiger partial charge in [-0.05, 0) is 31.7 Å². The topological polar surface area (TPSA) is 40.5 Å². The summed E-state index contributed by atoms with van der Waals surface area (Å²) in [5.74, 6) is -0.654. The van der Waals surface area contributed by atoms with E-state index in [1.54, 1.807) is 0 Å². The molecule has 1 aliphatic rings. The fourth-order valence-corrected chi connectivity index (χ4v) is 2.73. The molecule has 0 radical (unpaired) electrons. The molecule has 0 saturated carbocycles. The lowest BCUT2D eigenvalue weighted by Crippen LogP contribution is -2.29. The van der Waals surface area contributed by atoms with Crippen LogP contribution in [0, 0.1) is 11.8 Å². The number of likely N-dealkylation sites (tertiary alicyclic amines) is 1. The van der Waals surface area contributed by atoms with E-state index in [2.05, 4.69) is 30.9 Å². The second-order valence-electron chi connectivity index (χ2n) is 5.44. The third kappa shape index (κ3) is 2.91. The number of nitrogens with zero attached hydrogens (tertiary/aromatic N) is 1. The molecule has 2 atom stereocenters. The largest absolute Gasteiger partial charge is 0.481 e. The first-order valence-corrected chi connectivity index (χ1v) is 6.58. The number of benzene rings is 1. The molecule has 18 heavy (non-hydrogen) atoms. The van der Waals surface area contributed by atoms with E-state index in [0.717, 1.165) is 13.0 Å². The monoisotopic (exact) mass is 247 g/mol. The highest BCUT2D eigenvalue weighted by Gasteiger charge is 2.38. The average molecular weight is 247 g/mol. The minimum atomic E-state index is -0.654. The molecular formula is C15H21NO2. The Morgan fingerprint density at radius 1 is 1.33 bits per heavy atom. The third-order valence-corrected chi connectivity index (χ3v) is 3.86. The molecule has 1 aromatic rings. The first-order chi connectivity index (χ1) is 8.58. The van der Waals surface area contributed by atoms with Gasteiger partial charge in [-0.2, -0.15) is 0 Å². The van der Waals surface area contributed by atoms with Crippen LogP contribution in [-0.4, -0.2) is 35.1 Å². The van der Waals surface area contributed by atoms with Gasteiger partial charge in [0.1, 0.15) is 0 Å². The summed E-state index contributed by atoms with van der Waals surface area (Å²) < 4.78 is 0. The lowest BCUT2D eigenvalue weighted by atomic mass is 9.90. The van der Waals surface area contributed by atoms with E-state index in [-0.39, 0.29) is 11.8 Å². The Bertz CT molecular complexity index is 402. The van der Waals surface area contributed by atoms with Crippen molar-refractivity contribution in [2.45, 2.75) is 26.3 Å². The lowest BCUT2D eigenvalue weighted by Gasteiger charge is -2.20. The SMILES string of the molecule is CC(C)N1CC(Cc2ccccc2)C(C(=O)O)C1. The van der Waals surface area contributed by atoms with Crippen molar-refractivity contribution in [2.75, 3.05) is 13.1 Å². The van der Waals surface area contributed by atoms with Gasteiger partial charge in [-0.3, -0.25) is 9.69 Å². The van der Waals surface area contributed by atoms with Crippen molar-refractivity contribution in [3.05, 3.63) is 35.9 Å². The average Bonchev–Trinajstić information content (AvgIpc) is 2.74. The van der Waals surface area contributed by atoms with E-state index >= 15 is 0 Å². The summed E-state index contributed by atoms with van der Waals surface area (Å²) in [4.78, 5) is 13.6. The number of carboxylic acid groups (broad SMARTS) is 1. The minimum Gasteiger partial charge on any atom is -0.481 e. The molecule has 1 aromatic carbocycles. The second-order valence-corrected chi connectivity index (χ2v) is 5.44. The summed E-state index contributed by atoms with van der Waals surface area (Å²) in [6.45, 7) is 5.83. The van der Waals surface area contributed by atoms with Crippen molar-refractivity contribution in [3.63, 3.8) is 0 Å². The molecule has 1 saturated heterocycles. The van der Waals surface area contributed by atoms with Crippen LogP contribution >= 0.6 is 0 Å². The zero-order chi connectivity index (χ0) is 13.1. The van der Waals surface area contributed by atoms with E-state index in [9.17, 15) is 9.90 Å². The van der Waals surface area contributed by atoms with Crippen LogP contribution in [-0.2, 0) is 11.2 Å². The first kappa shape index (κ1) is 13.1. The van der Waals surface area contributed by atoms with Crippen molar-refractivity contribution in [1.82, 2.24) is 4.90 Å². The number of hydrogen-bond donors (Lipinski definition) is 1. The number of aliphatic carboxylic acids is 1. The molecule has 2 unspecified atom stereocenters. The van der Waals surface area contributed by atoms with Gasteiger partial charge >= 0.3 is 5.97 Å². The van der Waals surface area contributed by atoms with E-state index in [1.165, 1.54) is 5.56 Å². The van der Waals surface area contributed by atoms with Crippen LogP contribution < -0.4 is 0 Å². The fourth-order valence-electron chi connectivity index (χ4n) is 2.73. The quantitative estimate of drug-likeness (QED) is 0.887. The summed E-state index contributed by atoms with van der Waals surface area (Å²) in [5, 5.41) is 9.33. The normalized spacial score (nSPS) is 24.6. The van der Waals surface area contributed by atoms with Gasteiger partial charge in [0.2, 0.25) is 0 Å². The standard InChI is InChI=1S/C15H21NO2/c1-11(2)16-9-13(14(10-16)15(17)18)8-12-6-4-3-5-7-12/h3-7,11,13-14H,8-10H2,1-2H3,(H,17,18). The summed E-state index contributed by atoms with van der Waals surface area (Å²) in [6.07, 6.45) is 0.862. The third-order valence-electron chi connectivity index (χ3n) is 3.86. The molecule has 0 bridgehead atoms. The van der Waals surface area contributed by atoms with Crippen LogP contribution in [0.3, 0.4) is 0 Å². The number of carbonyl (C=O) groups is 1. The number of carboxylic acids is 1. The number of hydrogen-bond acceptors (Lipinski definition) is 2. The number of rotatable bonds is 4. The highest BCUT2D eigenvalue weighted by molar-refractivity contribution is 5.71. The summed E-state index contributed by atoms with van der Waals surface area (Å²) in [6, 6.07) is 10.6. The fraction of sp³-hybridized carbons (Fsp3) is 0.533. The zero-order valence-corrected chi connectivity index (χ0v) is 11.0. The van der Waals surface area contributed by atoms with Gasteiger partial charge < -0.3 is 5.11 Å². The van der Waals surface area contributed by atoms with Gasteiger partial charge in [-0.1, -0.05) is 30.3 Å². The van der Waals surface area contributed by atoms with Crippen molar-refractivity contribution < 1.29 is 9.90 Å². The van der Waals surface area contributed by atoms with Gasteiger partial charge in [0.05, 0.1) is 5.92 Å². The van der Waals surface area contributed by atoms with E-state index < -0.39 is 5.97 Å². The van der Waals surface area contributed by atoms with Gasteiger partial charge in [-0.15, -0.1) is 0 Å². The second kappa shape index (κ2) is 5.53. The Morgan fingerprint density at radius 3 is 2.56 bits per heavy atom. The molecule has 0 aliphatic carbocycles. The Hall–Kier alpha value is -1.35. The van der Waals surface area contributed by atoms with Crippen LogP contribution in [0.1, 0.15) is 19.4 Å². The predicted molar refractivity (Wildman–Crippen MR) is 71.5 cm³/mol.